The van der Waals surface area contributed by atoms with Gasteiger partial charge in [0.25, 0.3) is 0 Å². The fourth-order valence-electron chi connectivity index (χ4n) is 10.1. The summed E-state index contributed by atoms with van der Waals surface area (Å²) < 4.78 is 2.52. The van der Waals surface area contributed by atoms with Crippen LogP contribution in [0.3, 0.4) is 0 Å². The normalized spacial score (nSPS) is 13.0. The lowest BCUT2D eigenvalue weighted by Crippen LogP contribution is -2.33. The number of fused-ring (bicyclic) bond motifs is 12. The predicted octanol–water partition coefficient (Wildman–Crippen LogP) is 14.4. The van der Waals surface area contributed by atoms with Gasteiger partial charge in [-0.2, -0.15) is 0 Å². The van der Waals surface area contributed by atoms with Gasteiger partial charge in [0.05, 0.1) is 22.1 Å². The summed E-state index contributed by atoms with van der Waals surface area (Å²) in [7, 11) is 0. The van der Waals surface area contributed by atoms with Gasteiger partial charge in [-0.05, 0) is 118 Å². The lowest BCUT2D eigenvalue weighted by Gasteiger charge is -2.40. The summed E-state index contributed by atoms with van der Waals surface area (Å²) in [6.07, 6.45) is 0. The predicted molar refractivity (Wildman–Crippen MR) is 241 cm³/mol. The number of hydrogen-bond donors (Lipinski definition) is 0. The van der Waals surface area contributed by atoms with E-state index in [0.29, 0.717) is 0 Å². The van der Waals surface area contributed by atoms with Crippen LogP contribution in [0.4, 0.5) is 34.1 Å². The first-order valence-corrected chi connectivity index (χ1v) is 20.0. The molecule has 1 aromatic heterocycles. The molecule has 0 bridgehead atoms. The van der Waals surface area contributed by atoms with Crippen LogP contribution in [0.1, 0.15) is 22.3 Å². The first-order chi connectivity index (χ1) is 28.8. The van der Waals surface area contributed by atoms with E-state index in [9.17, 15) is 0 Å². The van der Waals surface area contributed by atoms with Gasteiger partial charge < -0.3 is 14.4 Å². The van der Waals surface area contributed by atoms with Crippen molar-refractivity contribution in [3.05, 3.63) is 247 Å². The quantitative estimate of drug-likeness (QED) is 0.168. The summed E-state index contributed by atoms with van der Waals surface area (Å²) in [5.41, 5.74) is 17.5. The van der Waals surface area contributed by atoms with Crippen LogP contribution < -0.4 is 9.80 Å². The number of nitrogens with zero attached hydrogens (tertiary/aromatic N) is 3. The van der Waals surface area contributed by atoms with Crippen LogP contribution in [0, 0.1) is 0 Å². The average molecular weight is 740 g/mol. The van der Waals surface area contributed by atoms with E-state index in [0.717, 1.165) is 34.1 Å². The lowest BCUT2D eigenvalue weighted by atomic mass is 9.65. The third-order valence-electron chi connectivity index (χ3n) is 12.3. The van der Waals surface area contributed by atoms with Crippen LogP contribution in [-0.4, -0.2) is 4.57 Å². The van der Waals surface area contributed by atoms with Crippen molar-refractivity contribution >= 4 is 55.9 Å². The number of anilines is 6. The third kappa shape index (κ3) is 4.56. The van der Waals surface area contributed by atoms with Gasteiger partial charge >= 0.3 is 0 Å². The molecule has 0 unspecified atom stereocenters. The number of para-hydroxylation sites is 7. The Balaban J connectivity index is 1.21. The number of rotatable bonds is 6. The second-order valence-corrected chi connectivity index (χ2v) is 15.3. The molecule has 1 aliphatic heterocycles. The standard InChI is InChI=1S/C55H37N3/c1-5-18-38(19-6-1)56(39-20-7-2-8-21-39)42-32-34-44-45-35-33-43(57(40-22-9-3-10-23-40)41-24-11-4-12-25-41)37-51(45)55(50(44)36-42)48-28-14-16-31-53(48)58-52-30-15-13-26-46(52)47-27-17-29-49(55)54(47)58/h1-37H. The van der Waals surface area contributed by atoms with E-state index in [1.807, 2.05) is 0 Å². The van der Waals surface area contributed by atoms with E-state index in [1.54, 1.807) is 0 Å². The van der Waals surface area contributed by atoms with Crippen LogP contribution in [0.5, 0.6) is 0 Å². The molecule has 0 amide bonds. The molecule has 0 N–H and O–H groups in total. The molecule has 0 saturated carbocycles. The zero-order chi connectivity index (χ0) is 38.2. The molecule has 2 heterocycles. The summed E-state index contributed by atoms with van der Waals surface area (Å²) in [4.78, 5) is 4.78. The third-order valence-corrected chi connectivity index (χ3v) is 12.3. The highest BCUT2D eigenvalue weighted by Gasteiger charge is 2.51. The van der Waals surface area contributed by atoms with Gasteiger partial charge in [-0.3, -0.25) is 0 Å². The van der Waals surface area contributed by atoms with Crippen molar-refractivity contribution in [3.8, 4) is 16.8 Å². The van der Waals surface area contributed by atoms with Gasteiger partial charge in [0.1, 0.15) is 0 Å². The zero-order valence-corrected chi connectivity index (χ0v) is 31.7. The molecule has 2 aliphatic rings. The molecule has 58 heavy (non-hydrogen) atoms. The Morgan fingerprint density at radius 2 is 0.741 bits per heavy atom. The Bertz CT molecular complexity index is 2960. The van der Waals surface area contributed by atoms with Crippen molar-refractivity contribution in [2.75, 3.05) is 9.80 Å². The molecule has 0 radical (unpaired) electrons. The first-order valence-electron chi connectivity index (χ1n) is 20.0. The summed E-state index contributed by atoms with van der Waals surface area (Å²) in [5.74, 6) is 0. The average Bonchev–Trinajstić information content (AvgIpc) is 3.78. The summed E-state index contributed by atoms with van der Waals surface area (Å²) in [5, 5.41) is 2.54. The van der Waals surface area contributed by atoms with Crippen molar-refractivity contribution < 1.29 is 0 Å². The van der Waals surface area contributed by atoms with Crippen molar-refractivity contribution in [1.82, 2.24) is 4.57 Å². The van der Waals surface area contributed by atoms with Crippen molar-refractivity contribution in [1.29, 1.82) is 0 Å². The molecule has 0 fully saturated rings. The maximum absolute atomic E-state index is 2.52. The van der Waals surface area contributed by atoms with Crippen molar-refractivity contribution in [2.24, 2.45) is 0 Å². The minimum Gasteiger partial charge on any atom is -0.310 e. The van der Waals surface area contributed by atoms with Gasteiger partial charge in [0, 0.05) is 44.9 Å². The van der Waals surface area contributed by atoms with E-state index in [2.05, 4.69) is 239 Å². The highest BCUT2D eigenvalue weighted by Crippen LogP contribution is 2.62. The fourth-order valence-corrected chi connectivity index (χ4v) is 10.1. The topological polar surface area (TPSA) is 11.4 Å². The summed E-state index contributed by atoms with van der Waals surface area (Å²) in [6, 6.07) is 82.3. The summed E-state index contributed by atoms with van der Waals surface area (Å²) in [6.45, 7) is 0. The highest BCUT2D eigenvalue weighted by atomic mass is 15.1. The Hall–Kier alpha value is -7.62. The smallest absolute Gasteiger partial charge is 0.0756 e. The Labute approximate surface area is 337 Å². The van der Waals surface area contributed by atoms with E-state index >= 15 is 0 Å². The van der Waals surface area contributed by atoms with Gasteiger partial charge in [-0.25, -0.2) is 0 Å². The summed E-state index contributed by atoms with van der Waals surface area (Å²) >= 11 is 0. The highest BCUT2D eigenvalue weighted by molar-refractivity contribution is 6.13. The number of aromatic nitrogens is 1. The van der Waals surface area contributed by atoms with Crippen molar-refractivity contribution in [2.45, 2.75) is 5.41 Å². The van der Waals surface area contributed by atoms with Crippen LogP contribution in [0.2, 0.25) is 0 Å². The van der Waals surface area contributed by atoms with Gasteiger partial charge in [0.2, 0.25) is 0 Å². The SMILES string of the molecule is c1ccc(N(c2ccccc2)c2ccc3c(c2)C2(c4cc(N(c5ccccc5)c5ccccc5)ccc4-3)c3ccccc3-n3c4ccccc4c4cccc2c43)cc1. The molecule has 0 saturated heterocycles. The second-order valence-electron chi connectivity index (χ2n) is 15.3. The molecular formula is C55H37N3. The monoisotopic (exact) mass is 739 g/mol. The van der Waals surface area contributed by atoms with E-state index in [-0.39, 0.29) is 0 Å². The fraction of sp³-hybridized carbons (Fsp3) is 0.0182. The Kier molecular flexibility index (Phi) is 7.14. The molecule has 272 valence electrons. The van der Waals surface area contributed by atoms with Crippen LogP contribution in [0.25, 0.3) is 38.6 Å². The largest absolute Gasteiger partial charge is 0.310 e. The minimum absolute atomic E-state index is 0.630. The van der Waals surface area contributed by atoms with E-state index in [4.69, 9.17) is 0 Å². The molecule has 12 rings (SSSR count). The molecule has 1 aliphatic carbocycles. The minimum atomic E-state index is -0.630. The van der Waals surface area contributed by atoms with Crippen LogP contribution in [0.15, 0.2) is 224 Å². The number of hydrogen-bond acceptors (Lipinski definition) is 2. The van der Waals surface area contributed by atoms with Gasteiger partial charge in [-0.15, -0.1) is 0 Å². The molecule has 3 heteroatoms. The maximum atomic E-state index is 2.52. The lowest BCUT2D eigenvalue weighted by molar-refractivity contribution is 0.748. The maximum Gasteiger partial charge on any atom is 0.0756 e. The molecular weight excluding hydrogens is 703 g/mol. The van der Waals surface area contributed by atoms with Crippen LogP contribution in [-0.2, 0) is 5.41 Å². The van der Waals surface area contributed by atoms with Crippen molar-refractivity contribution in [3.63, 3.8) is 0 Å². The second kappa shape index (κ2) is 12.7. The van der Waals surface area contributed by atoms with E-state index < -0.39 is 5.41 Å². The molecule has 0 atom stereocenters. The first kappa shape index (κ1) is 32.6. The molecule has 3 nitrogen and oxygen atoms in total. The van der Waals surface area contributed by atoms with E-state index in [1.165, 1.54) is 60.9 Å². The van der Waals surface area contributed by atoms with Crippen LogP contribution >= 0.6 is 0 Å². The molecule has 1 spiro atoms. The van der Waals surface area contributed by atoms with Gasteiger partial charge in [-0.1, -0.05) is 140 Å². The number of benzene rings is 9. The molecule has 9 aromatic carbocycles. The Morgan fingerprint density at radius 1 is 0.310 bits per heavy atom. The van der Waals surface area contributed by atoms with Gasteiger partial charge in [0.15, 0.2) is 0 Å². The Morgan fingerprint density at radius 3 is 1.28 bits per heavy atom. The molecule has 10 aromatic rings. The zero-order valence-electron chi connectivity index (χ0n) is 31.7.